The Morgan fingerprint density at radius 3 is 2.32 bits per heavy atom. The van der Waals surface area contributed by atoms with Crippen molar-refractivity contribution < 1.29 is 17.6 Å². The van der Waals surface area contributed by atoms with Crippen molar-refractivity contribution in [1.82, 2.24) is 4.98 Å². The number of fused-ring (bicyclic) bond motifs is 2. The van der Waals surface area contributed by atoms with Crippen molar-refractivity contribution in [3.63, 3.8) is 0 Å². The van der Waals surface area contributed by atoms with Gasteiger partial charge in [0.2, 0.25) is 0 Å². The molecule has 25 heavy (non-hydrogen) atoms. The van der Waals surface area contributed by atoms with Gasteiger partial charge in [0, 0.05) is 17.4 Å². The Hall–Kier alpha value is -2.31. The van der Waals surface area contributed by atoms with Crippen molar-refractivity contribution >= 4 is 11.4 Å². The molecule has 3 aliphatic rings. The molecule has 1 heterocycles. The molecule has 0 spiro atoms. The van der Waals surface area contributed by atoms with E-state index in [2.05, 4.69) is 10.3 Å². The Labute approximate surface area is 141 Å². The van der Waals surface area contributed by atoms with Gasteiger partial charge in [0.05, 0.1) is 11.3 Å². The van der Waals surface area contributed by atoms with Crippen molar-refractivity contribution in [2.75, 3.05) is 5.32 Å². The van der Waals surface area contributed by atoms with Crippen molar-refractivity contribution in [3.8, 4) is 0 Å². The molecule has 0 atom stereocenters. The van der Waals surface area contributed by atoms with Crippen LogP contribution < -0.4 is 10.9 Å². The monoisotopic (exact) mass is 352 g/mol. The maximum Gasteiger partial charge on any atom is 0.419 e. The smallest absolute Gasteiger partial charge is 0.354 e. The first-order valence-corrected chi connectivity index (χ1v) is 8.24. The van der Waals surface area contributed by atoms with Crippen LogP contribution in [-0.4, -0.2) is 4.98 Å². The van der Waals surface area contributed by atoms with E-state index in [1.165, 1.54) is 12.3 Å². The fraction of sp³-hybridized carbons (Fsp3) is 0.389. The van der Waals surface area contributed by atoms with Crippen LogP contribution in [0.1, 0.15) is 54.2 Å². The van der Waals surface area contributed by atoms with Gasteiger partial charge in [-0.1, -0.05) is 0 Å². The van der Waals surface area contributed by atoms with Gasteiger partial charge in [0.1, 0.15) is 5.82 Å². The highest BCUT2D eigenvalue weighted by Crippen LogP contribution is 2.50. The number of pyridine rings is 1. The van der Waals surface area contributed by atoms with E-state index in [-0.39, 0.29) is 23.1 Å². The van der Waals surface area contributed by atoms with E-state index in [1.807, 2.05) is 0 Å². The number of alkyl halides is 3. The van der Waals surface area contributed by atoms with E-state index in [0.717, 1.165) is 48.9 Å². The lowest BCUT2D eigenvalue weighted by Gasteiger charge is -2.38. The average molecular weight is 352 g/mol. The third-order valence-corrected chi connectivity index (χ3v) is 5.27. The van der Waals surface area contributed by atoms with Crippen molar-refractivity contribution in [2.24, 2.45) is 0 Å². The van der Waals surface area contributed by atoms with Crippen LogP contribution >= 0.6 is 0 Å². The maximum atomic E-state index is 13.5. The Balaban J connectivity index is 1.76. The van der Waals surface area contributed by atoms with Gasteiger partial charge in [-0.15, -0.1) is 0 Å². The molecule has 2 aromatic rings. The Kier molecular flexibility index (Phi) is 3.63. The highest BCUT2D eigenvalue weighted by molar-refractivity contribution is 5.66. The highest BCUT2D eigenvalue weighted by Gasteiger charge is 2.37. The number of anilines is 2. The number of H-pyrrole nitrogens is 1. The lowest BCUT2D eigenvalue weighted by molar-refractivity contribution is -0.139. The van der Waals surface area contributed by atoms with Crippen LogP contribution in [0.5, 0.6) is 0 Å². The molecule has 3 aliphatic carbocycles. The number of benzene rings is 1. The minimum atomic E-state index is -4.76. The second kappa shape index (κ2) is 5.61. The Morgan fingerprint density at radius 2 is 1.68 bits per heavy atom. The SMILES string of the molecule is O=c1[nH]cc(Nc2ccc(F)c(C(F)(F)F)c2)c2c1C1CCC2CC1. The minimum Gasteiger partial charge on any atom is -0.354 e. The van der Waals surface area contributed by atoms with E-state index in [1.54, 1.807) is 0 Å². The summed E-state index contributed by atoms with van der Waals surface area (Å²) < 4.78 is 52.2. The zero-order chi connectivity index (χ0) is 17.8. The lowest BCUT2D eigenvalue weighted by atomic mass is 9.67. The summed E-state index contributed by atoms with van der Waals surface area (Å²) >= 11 is 0. The maximum absolute atomic E-state index is 13.5. The molecular weight excluding hydrogens is 336 g/mol. The van der Waals surface area contributed by atoms with Crippen LogP contribution in [0.3, 0.4) is 0 Å². The number of aromatic amines is 1. The number of halogens is 4. The van der Waals surface area contributed by atoms with Gasteiger partial charge < -0.3 is 10.3 Å². The molecule has 1 saturated carbocycles. The zero-order valence-electron chi connectivity index (χ0n) is 13.2. The van der Waals surface area contributed by atoms with Crippen LogP contribution in [0.25, 0.3) is 0 Å². The molecule has 5 rings (SSSR count). The summed E-state index contributed by atoms with van der Waals surface area (Å²) in [4.78, 5) is 14.9. The fourth-order valence-electron chi connectivity index (χ4n) is 4.16. The van der Waals surface area contributed by atoms with Crippen LogP contribution in [0, 0.1) is 5.82 Å². The summed E-state index contributed by atoms with van der Waals surface area (Å²) in [6.45, 7) is 0. The number of nitrogens with one attached hydrogen (secondary N) is 2. The van der Waals surface area contributed by atoms with E-state index in [0.29, 0.717) is 5.69 Å². The standard InChI is InChI=1S/C18H16F4N2O/c19-13-6-5-11(7-12(13)18(20,21)22)24-14-8-23-17(25)16-10-3-1-9(2-4-10)15(14)16/h5-10,24H,1-4H2,(H,23,25). The number of hydrogen-bond donors (Lipinski definition) is 2. The normalized spacial score (nSPS) is 21.9. The van der Waals surface area contributed by atoms with Gasteiger partial charge in [-0.2, -0.15) is 13.2 Å². The van der Waals surface area contributed by atoms with Gasteiger partial charge in [-0.3, -0.25) is 4.79 Å². The Morgan fingerprint density at radius 1 is 1.04 bits per heavy atom. The third kappa shape index (κ3) is 2.71. The predicted octanol–water partition coefficient (Wildman–Crippen LogP) is 5.03. The Bertz CT molecular complexity index is 880. The molecule has 0 saturated heterocycles. The lowest BCUT2D eigenvalue weighted by Crippen LogP contribution is -2.30. The van der Waals surface area contributed by atoms with Gasteiger partial charge >= 0.3 is 6.18 Å². The van der Waals surface area contributed by atoms with Crippen molar-refractivity contribution in [1.29, 1.82) is 0 Å². The molecule has 0 aliphatic heterocycles. The number of rotatable bonds is 2. The van der Waals surface area contributed by atoms with Gasteiger partial charge in [0.25, 0.3) is 5.56 Å². The van der Waals surface area contributed by atoms with Gasteiger partial charge in [-0.25, -0.2) is 4.39 Å². The topological polar surface area (TPSA) is 44.9 Å². The highest BCUT2D eigenvalue weighted by atomic mass is 19.4. The molecule has 0 amide bonds. The molecule has 132 valence electrons. The quantitative estimate of drug-likeness (QED) is 0.745. The van der Waals surface area contributed by atoms with Crippen LogP contribution in [0.4, 0.5) is 28.9 Å². The van der Waals surface area contributed by atoms with Crippen LogP contribution in [0.2, 0.25) is 0 Å². The molecule has 1 aromatic carbocycles. The molecule has 7 heteroatoms. The second-order valence-corrected chi connectivity index (χ2v) is 6.72. The van der Waals surface area contributed by atoms with Crippen LogP contribution in [-0.2, 0) is 6.18 Å². The molecule has 0 unspecified atom stereocenters. The van der Waals surface area contributed by atoms with E-state index >= 15 is 0 Å². The van der Waals surface area contributed by atoms with E-state index in [4.69, 9.17) is 0 Å². The zero-order valence-corrected chi connectivity index (χ0v) is 13.2. The molecular formula is C18H16F4N2O. The first-order valence-electron chi connectivity index (χ1n) is 8.24. The predicted molar refractivity (Wildman–Crippen MR) is 85.7 cm³/mol. The molecule has 0 radical (unpaired) electrons. The van der Waals surface area contributed by atoms with Crippen molar-refractivity contribution in [3.05, 3.63) is 57.3 Å². The minimum absolute atomic E-state index is 0.120. The summed E-state index contributed by atoms with van der Waals surface area (Å²) in [5, 5.41) is 2.95. The third-order valence-electron chi connectivity index (χ3n) is 5.27. The molecule has 2 bridgehead atoms. The first-order chi connectivity index (χ1) is 11.8. The molecule has 2 N–H and O–H groups in total. The summed E-state index contributed by atoms with van der Waals surface area (Å²) in [5.74, 6) is -0.850. The first kappa shape index (κ1) is 16.2. The van der Waals surface area contributed by atoms with Gasteiger partial charge in [-0.05, 0) is 61.3 Å². The van der Waals surface area contributed by atoms with E-state index in [9.17, 15) is 22.4 Å². The molecule has 1 fully saturated rings. The van der Waals surface area contributed by atoms with Gasteiger partial charge in [0.15, 0.2) is 0 Å². The fourth-order valence-corrected chi connectivity index (χ4v) is 4.16. The summed E-state index contributed by atoms with van der Waals surface area (Å²) in [5.41, 5.74) is 0.977. The number of aromatic nitrogens is 1. The van der Waals surface area contributed by atoms with Crippen LogP contribution in [0.15, 0.2) is 29.2 Å². The summed E-state index contributed by atoms with van der Waals surface area (Å²) in [6, 6.07) is 2.83. The van der Waals surface area contributed by atoms with Crippen molar-refractivity contribution in [2.45, 2.75) is 43.7 Å². The second-order valence-electron chi connectivity index (χ2n) is 6.72. The summed E-state index contributed by atoms with van der Waals surface area (Å²) in [6.07, 6.45) is 0.641. The number of hydrogen-bond acceptors (Lipinski definition) is 2. The molecule has 3 nitrogen and oxygen atoms in total. The largest absolute Gasteiger partial charge is 0.419 e. The summed E-state index contributed by atoms with van der Waals surface area (Å²) in [7, 11) is 0. The van der Waals surface area contributed by atoms with E-state index < -0.39 is 17.6 Å². The molecule has 1 aromatic heterocycles. The average Bonchev–Trinajstić information content (AvgIpc) is 2.59.